The molecule has 2 fully saturated rings. The van der Waals surface area contributed by atoms with Crippen LogP contribution in [0.25, 0.3) is 0 Å². The van der Waals surface area contributed by atoms with Crippen molar-refractivity contribution in [2.45, 2.75) is 31.7 Å². The van der Waals surface area contributed by atoms with Crippen LogP contribution in [0.3, 0.4) is 0 Å². The number of hydrogen-bond donors (Lipinski definition) is 2. The molecule has 0 aromatic carbocycles. The highest BCUT2D eigenvalue weighted by molar-refractivity contribution is 5.91. The zero-order chi connectivity index (χ0) is 12.4. The fourth-order valence-corrected chi connectivity index (χ4v) is 2.19. The molecule has 6 heteroatoms. The molecule has 1 aliphatic carbocycles. The van der Waals surface area contributed by atoms with Crippen molar-refractivity contribution in [3.8, 4) is 0 Å². The van der Waals surface area contributed by atoms with Crippen molar-refractivity contribution in [3.05, 3.63) is 0 Å². The van der Waals surface area contributed by atoms with E-state index in [-0.39, 0.29) is 24.9 Å². The van der Waals surface area contributed by atoms with Gasteiger partial charge in [0.15, 0.2) is 0 Å². The Morgan fingerprint density at radius 2 is 2.12 bits per heavy atom. The van der Waals surface area contributed by atoms with Gasteiger partial charge in [0.05, 0.1) is 0 Å². The molecule has 0 aromatic heterocycles. The van der Waals surface area contributed by atoms with E-state index in [4.69, 9.17) is 5.11 Å². The molecule has 0 spiro atoms. The Hall–Kier alpha value is -1.59. The zero-order valence-electron chi connectivity index (χ0n) is 9.52. The quantitative estimate of drug-likeness (QED) is 0.702. The Morgan fingerprint density at radius 1 is 1.41 bits per heavy atom. The molecule has 2 aliphatic rings. The van der Waals surface area contributed by atoms with Gasteiger partial charge in [0.2, 0.25) is 11.8 Å². The first kappa shape index (κ1) is 11.9. The summed E-state index contributed by atoms with van der Waals surface area (Å²) in [5.74, 6) is -1.18. The van der Waals surface area contributed by atoms with Gasteiger partial charge in [-0.1, -0.05) is 6.42 Å². The maximum absolute atomic E-state index is 11.9. The largest absolute Gasteiger partial charge is 0.480 e. The first-order valence-corrected chi connectivity index (χ1v) is 5.87. The predicted molar refractivity (Wildman–Crippen MR) is 58.1 cm³/mol. The van der Waals surface area contributed by atoms with E-state index < -0.39 is 12.0 Å². The van der Waals surface area contributed by atoms with Gasteiger partial charge in [-0.25, -0.2) is 4.79 Å². The molecule has 6 nitrogen and oxygen atoms in total. The first-order valence-electron chi connectivity index (χ1n) is 5.87. The second kappa shape index (κ2) is 4.73. The minimum Gasteiger partial charge on any atom is -0.480 e. The highest BCUT2D eigenvalue weighted by Crippen LogP contribution is 2.30. The van der Waals surface area contributed by atoms with Gasteiger partial charge < -0.3 is 15.3 Å². The van der Waals surface area contributed by atoms with Crippen LogP contribution in [-0.2, 0) is 14.4 Å². The Labute approximate surface area is 99.0 Å². The molecule has 17 heavy (non-hydrogen) atoms. The van der Waals surface area contributed by atoms with Crippen molar-refractivity contribution in [2.75, 3.05) is 13.1 Å². The highest BCUT2D eigenvalue weighted by Gasteiger charge is 2.36. The minimum atomic E-state index is -1.06. The SMILES string of the molecule is O=C1CN(C(=O)CC2CCC2)C(C(=O)O)CN1. The molecule has 0 bridgehead atoms. The molecular weight excluding hydrogens is 224 g/mol. The number of hydrogen-bond acceptors (Lipinski definition) is 3. The van der Waals surface area contributed by atoms with E-state index in [9.17, 15) is 14.4 Å². The average molecular weight is 240 g/mol. The third kappa shape index (κ3) is 2.57. The van der Waals surface area contributed by atoms with Crippen LogP contribution in [0, 0.1) is 5.92 Å². The van der Waals surface area contributed by atoms with Gasteiger partial charge in [-0.3, -0.25) is 9.59 Å². The third-order valence-electron chi connectivity index (χ3n) is 3.48. The topological polar surface area (TPSA) is 86.7 Å². The predicted octanol–water partition coefficient (Wildman–Crippen LogP) is -0.412. The monoisotopic (exact) mass is 240 g/mol. The zero-order valence-corrected chi connectivity index (χ0v) is 9.52. The van der Waals surface area contributed by atoms with Crippen molar-refractivity contribution in [2.24, 2.45) is 5.92 Å². The smallest absolute Gasteiger partial charge is 0.328 e. The second-order valence-corrected chi connectivity index (χ2v) is 4.68. The van der Waals surface area contributed by atoms with Crippen molar-refractivity contribution in [1.82, 2.24) is 10.2 Å². The highest BCUT2D eigenvalue weighted by atomic mass is 16.4. The standard InChI is InChI=1S/C11H16N2O4/c14-9-6-13(8(5-12-9)11(16)17)10(15)4-7-2-1-3-7/h7-8H,1-6H2,(H,12,14)(H,16,17). The van der Waals surface area contributed by atoms with Crippen LogP contribution in [0.2, 0.25) is 0 Å². The molecule has 1 heterocycles. The Bertz CT molecular complexity index is 351. The second-order valence-electron chi connectivity index (χ2n) is 4.68. The molecule has 2 rings (SSSR count). The van der Waals surface area contributed by atoms with Gasteiger partial charge in [-0.15, -0.1) is 0 Å². The minimum absolute atomic E-state index is 0.00454. The van der Waals surface area contributed by atoms with Crippen LogP contribution in [0.5, 0.6) is 0 Å². The lowest BCUT2D eigenvalue weighted by Gasteiger charge is -2.35. The fourth-order valence-electron chi connectivity index (χ4n) is 2.19. The van der Waals surface area contributed by atoms with E-state index in [1.807, 2.05) is 0 Å². The number of nitrogens with one attached hydrogen (secondary N) is 1. The number of nitrogens with zero attached hydrogens (tertiary/aromatic N) is 1. The number of carbonyl (C=O) groups excluding carboxylic acids is 2. The summed E-state index contributed by atoms with van der Waals surface area (Å²) in [7, 11) is 0. The van der Waals surface area contributed by atoms with E-state index in [0.29, 0.717) is 12.3 Å². The first-order chi connectivity index (χ1) is 8.08. The number of carboxylic acid groups (broad SMARTS) is 1. The van der Waals surface area contributed by atoms with E-state index >= 15 is 0 Å². The molecule has 1 aliphatic heterocycles. The summed E-state index contributed by atoms with van der Waals surface area (Å²) in [6.07, 6.45) is 3.57. The molecule has 0 radical (unpaired) electrons. The number of piperazine rings is 1. The Balaban J connectivity index is 2.00. The van der Waals surface area contributed by atoms with Gasteiger partial charge in [-0.2, -0.15) is 0 Å². The van der Waals surface area contributed by atoms with Crippen molar-refractivity contribution < 1.29 is 19.5 Å². The molecule has 1 unspecified atom stereocenters. The van der Waals surface area contributed by atoms with Crippen molar-refractivity contribution in [1.29, 1.82) is 0 Å². The van der Waals surface area contributed by atoms with Crippen LogP contribution >= 0.6 is 0 Å². The summed E-state index contributed by atoms with van der Waals surface area (Å²) in [5, 5.41) is 11.5. The summed E-state index contributed by atoms with van der Waals surface area (Å²) in [4.78, 5) is 35.4. The van der Waals surface area contributed by atoms with Gasteiger partial charge >= 0.3 is 5.97 Å². The number of carbonyl (C=O) groups is 3. The normalized spacial score (nSPS) is 25.1. The van der Waals surface area contributed by atoms with Crippen LogP contribution in [-0.4, -0.2) is 46.9 Å². The summed E-state index contributed by atoms with van der Waals surface area (Å²) in [6, 6.07) is -0.916. The number of carboxylic acids is 1. The Kier molecular flexibility index (Phi) is 3.31. The van der Waals surface area contributed by atoms with Crippen LogP contribution in [0.1, 0.15) is 25.7 Å². The van der Waals surface area contributed by atoms with Gasteiger partial charge in [0, 0.05) is 13.0 Å². The Morgan fingerprint density at radius 3 is 2.65 bits per heavy atom. The van der Waals surface area contributed by atoms with Crippen molar-refractivity contribution >= 4 is 17.8 Å². The van der Waals surface area contributed by atoms with E-state index in [0.717, 1.165) is 19.3 Å². The van der Waals surface area contributed by atoms with E-state index in [2.05, 4.69) is 5.32 Å². The lowest BCUT2D eigenvalue weighted by Crippen LogP contribution is -2.59. The molecule has 1 atom stereocenters. The summed E-state index contributed by atoms with van der Waals surface area (Å²) in [5.41, 5.74) is 0. The average Bonchev–Trinajstić information content (AvgIpc) is 2.22. The summed E-state index contributed by atoms with van der Waals surface area (Å²) >= 11 is 0. The van der Waals surface area contributed by atoms with E-state index in [1.165, 1.54) is 4.90 Å². The molecule has 2 N–H and O–H groups in total. The third-order valence-corrected chi connectivity index (χ3v) is 3.48. The molecule has 1 saturated heterocycles. The molecule has 0 aromatic rings. The maximum atomic E-state index is 11.9. The van der Waals surface area contributed by atoms with Gasteiger partial charge in [0.25, 0.3) is 0 Å². The lowest BCUT2D eigenvalue weighted by molar-refractivity contribution is -0.154. The van der Waals surface area contributed by atoms with Gasteiger partial charge in [-0.05, 0) is 18.8 Å². The number of amides is 2. The number of rotatable bonds is 3. The maximum Gasteiger partial charge on any atom is 0.328 e. The van der Waals surface area contributed by atoms with Gasteiger partial charge in [0.1, 0.15) is 12.6 Å². The molecular formula is C11H16N2O4. The van der Waals surface area contributed by atoms with Crippen molar-refractivity contribution in [3.63, 3.8) is 0 Å². The fraction of sp³-hybridized carbons (Fsp3) is 0.727. The van der Waals surface area contributed by atoms with Crippen LogP contribution in [0.15, 0.2) is 0 Å². The van der Waals surface area contributed by atoms with Crippen LogP contribution < -0.4 is 5.32 Å². The van der Waals surface area contributed by atoms with E-state index in [1.54, 1.807) is 0 Å². The molecule has 1 saturated carbocycles. The van der Waals surface area contributed by atoms with Crippen LogP contribution in [0.4, 0.5) is 0 Å². The number of aliphatic carboxylic acids is 1. The molecule has 2 amide bonds. The summed E-state index contributed by atoms with van der Waals surface area (Å²) < 4.78 is 0. The summed E-state index contributed by atoms with van der Waals surface area (Å²) in [6.45, 7) is -0.132. The molecule has 94 valence electrons. The lowest BCUT2D eigenvalue weighted by atomic mass is 9.82.